The lowest BCUT2D eigenvalue weighted by Crippen LogP contribution is -2.55. The third-order valence-electron chi connectivity index (χ3n) is 5.74. The number of alkyl carbamates (subject to hydrolysis) is 1. The molecule has 0 bridgehead atoms. The third-order valence-corrected chi connectivity index (χ3v) is 5.74. The minimum atomic E-state index is -0.926. The highest BCUT2D eigenvalue weighted by molar-refractivity contribution is 5.92. The first-order valence-corrected chi connectivity index (χ1v) is 11.0. The molecule has 0 saturated heterocycles. The lowest BCUT2D eigenvalue weighted by molar-refractivity contribution is -0.129. The molecule has 1 heterocycles. The first-order valence-electron chi connectivity index (χ1n) is 11.0. The second-order valence-electron chi connectivity index (χ2n) is 8.10. The van der Waals surface area contributed by atoms with Crippen LogP contribution in [0.2, 0.25) is 0 Å². The molecule has 0 fully saturated rings. The lowest BCUT2D eigenvalue weighted by Gasteiger charge is -2.25. The van der Waals surface area contributed by atoms with Crippen molar-refractivity contribution in [3.05, 3.63) is 71.9 Å². The first kappa shape index (κ1) is 23.8. The summed E-state index contributed by atoms with van der Waals surface area (Å²) < 4.78 is 5.26. The predicted octanol–water partition coefficient (Wildman–Crippen LogP) is 3.02. The molecular formula is C25H30N4O4. The van der Waals surface area contributed by atoms with Crippen LogP contribution in [0.25, 0.3) is 10.9 Å². The van der Waals surface area contributed by atoms with E-state index in [1.54, 1.807) is 6.20 Å². The van der Waals surface area contributed by atoms with Crippen LogP contribution in [0.3, 0.4) is 0 Å². The minimum absolute atomic E-state index is 0.0893. The molecule has 174 valence electrons. The number of nitrogens with two attached hydrogens (primary N) is 1. The van der Waals surface area contributed by atoms with Crippen molar-refractivity contribution in [2.24, 2.45) is 11.7 Å². The number of hydrogen-bond acceptors (Lipinski definition) is 4. The number of hydrogen-bond donors (Lipinski definition) is 4. The van der Waals surface area contributed by atoms with Crippen LogP contribution in [-0.4, -0.2) is 35.0 Å². The molecule has 0 saturated carbocycles. The summed E-state index contributed by atoms with van der Waals surface area (Å²) in [6.07, 6.45) is 1.97. The number of amides is 3. The first-order chi connectivity index (χ1) is 15.9. The van der Waals surface area contributed by atoms with Crippen molar-refractivity contribution in [3.63, 3.8) is 0 Å². The van der Waals surface area contributed by atoms with E-state index in [1.165, 1.54) is 0 Å². The number of aromatic amines is 1. The van der Waals surface area contributed by atoms with Crippen molar-refractivity contribution in [1.82, 2.24) is 15.6 Å². The maximum Gasteiger partial charge on any atom is 0.408 e. The van der Waals surface area contributed by atoms with Crippen LogP contribution < -0.4 is 16.4 Å². The molecule has 3 aromatic rings. The van der Waals surface area contributed by atoms with Gasteiger partial charge in [-0.05, 0) is 23.1 Å². The smallest absolute Gasteiger partial charge is 0.408 e. The Balaban J connectivity index is 1.66. The van der Waals surface area contributed by atoms with Gasteiger partial charge in [-0.15, -0.1) is 0 Å². The van der Waals surface area contributed by atoms with Crippen molar-refractivity contribution in [3.8, 4) is 0 Å². The summed E-state index contributed by atoms with van der Waals surface area (Å²) in [6, 6.07) is 15.1. The van der Waals surface area contributed by atoms with Gasteiger partial charge in [0.25, 0.3) is 0 Å². The van der Waals surface area contributed by atoms with E-state index in [1.807, 2.05) is 68.4 Å². The molecule has 0 aliphatic rings. The zero-order chi connectivity index (χ0) is 23.8. The molecule has 3 atom stereocenters. The number of fused-ring (bicyclic) bond motifs is 1. The maximum atomic E-state index is 13.1. The summed E-state index contributed by atoms with van der Waals surface area (Å²) in [4.78, 5) is 40.7. The van der Waals surface area contributed by atoms with Gasteiger partial charge in [0.15, 0.2) is 0 Å². The Kier molecular flexibility index (Phi) is 8.07. The highest BCUT2D eigenvalue weighted by Gasteiger charge is 2.30. The number of nitrogens with one attached hydrogen (secondary N) is 3. The zero-order valence-electron chi connectivity index (χ0n) is 18.8. The number of carbonyl (C=O) groups is 3. The summed E-state index contributed by atoms with van der Waals surface area (Å²) in [6.45, 7) is 3.85. The van der Waals surface area contributed by atoms with E-state index in [0.29, 0.717) is 6.42 Å². The van der Waals surface area contributed by atoms with Crippen LogP contribution >= 0.6 is 0 Å². The van der Waals surface area contributed by atoms with Gasteiger partial charge < -0.3 is 26.1 Å². The molecule has 0 unspecified atom stereocenters. The largest absolute Gasteiger partial charge is 0.445 e. The number of H-pyrrole nitrogens is 1. The van der Waals surface area contributed by atoms with E-state index in [4.69, 9.17) is 10.5 Å². The van der Waals surface area contributed by atoms with Crippen molar-refractivity contribution in [2.45, 2.75) is 45.4 Å². The number of primary amides is 1. The molecule has 0 radical (unpaired) electrons. The Morgan fingerprint density at radius 3 is 2.42 bits per heavy atom. The van der Waals surface area contributed by atoms with E-state index in [0.717, 1.165) is 22.0 Å². The van der Waals surface area contributed by atoms with E-state index in [9.17, 15) is 14.4 Å². The zero-order valence-corrected chi connectivity index (χ0v) is 18.8. The second-order valence-corrected chi connectivity index (χ2v) is 8.10. The van der Waals surface area contributed by atoms with Crippen molar-refractivity contribution in [1.29, 1.82) is 0 Å². The summed E-state index contributed by atoms with van der Waals surface area (Å²) in [5.74, 6) is -1.32. The molecular weight excluding hydrogens is 420 g/mol. The Labute approximate surface area is 192 Å². The predicted molar refractivity (Wildman–Crippen MR) is 126 cm³/mol. The Hall–Kier alpha value is -3.81. The number of benzene rings is 2. The molecule has 0 spiro atoms. The lowest BCUT2D eigenvalue weighted by atomic mass is 9.97. The van der Waals surface area contributed by atoms with Gasteiger partial charge in [0.2, 0.25) is 11.8 Å². The summed E-state index contributed by atoms with van der Waals surface area (Å²) in [7, 11) is 0. The van der Waals surface area contributed by atoms with Gasteiger partial charge >= 0.3 is 6.09 Å². The van der Waals surface area contributed by atoms with Gasteiger partial charge in [0, 0.05) is 23.5 Å². The molecule has 2 aromatic carbocycles. The van der Waals surface area contributed by atoms with Gasteiger partial charge in [-0.3, -0.25) is 9.59 Å². The number of carbonyl (C=O) groups excluding carboxylic acids is 3. The fraction of sp³-hybridized carbons (Fsp3) is 0.320. The van der Waals surface area contributed by atoms with E-state index < -0.39 is 30.0 Å². The average Bonchev–Trinajstić information content (AvgIpc) is 3.23. The number of para-hydroxylation sites is 1. The van der Waals surface area contributed by atoms with Gasteiger partial charge in [-0.2, -0.15) is 0 Å². The molecule has 3 rings (SSSR count). The van der Waals surface area contributed by atoms with E-state index >= 15 is 0 Å². The molecule has 3 amide bonds. The fourth-order valence-electron chi connectivity index (χ4n) is 3.60. The van der Waals surface area contributed by atoms with Crippen LogP contribution in [0.4, 0.5) is 4.79 Å². The average molecular weight is 451 g/mol. The van der Waals surface area contributed by atoms with Crippen LogP contribution in [-0.2, 0) is 27.4 Å². The normalized spacial score (nSPS) is 13.6. The quantitative estimate of drug-likeness (QED) is 0.379. The summed E-state index contributed by atoms with van der Waals surface area (Å²) in [5, 5.41) is 6.31. The SMILES string of the molecule is CC[C@H](C)[C@H](NC(=O)OCc1ccccc1)C(=O)N[C@H](Cc1c[nH]c2ccccc12)C(N)=O. The standard InChI is InChI=1S/C25H30N4O4/c1-3-16(2)22(29-25(32)33-15-17-9-5-4-6-10-17)24(31)28-21(23(26)30)13-18-14-27-20-12-8-7-11-19(18)20/h4-12,14,16,21-22,27H,3,13,15H2,1-2H3,(H2,26,30)(H,28,31)(H,29,32)/t16-,21+,22-/m0/s1. The topological polar surface area (TPSA) is 126 Å². The molecule has 5 N–H and O–H groups in total. The number of rotatable bonds is 10. The molecule has 0 aliphatic carbocycles. The van der Waals surface area contributed by atoms with Crippen LogP contribution in [0.1, 0.15) is 31.4 Å². The van der Waals surface area contributed by atoms with E-state index in [2.05, 4.69) is 15.6 Å². The van der Waals surface area contributed by atoms with Crippen LogP contribution in [0, 0.1) is 5.92 Å². The molecule has 33 heavy (non-hydrogen) atoms. The number of ether oxygens (including phenoxy) is 1. The highest BCUT2D eigenvalue weighted by Crippen LogP contribution is 2.19. The molecule has 8 heteroatoms. The summed E-state index contributed by atoms with van der Waals surface area (Å²) in [5.41, 5.74) is 8.23. The van der Waals surface area contributed by atoms with Crippen molar-refractivity contribution in [2.75, 3.05) is 0 Å². The Morgan fingerprint density at radius 2 is 1.73 bits per heavy atom. The van der Waals surface area contributed by atoms with Crippen LogP contribution in [0.5, 0.6) is 0 Å². The van der Waals surface area contributed by atoms with Gasteiger partial charge in [-0.1, -0.05) is 68.8 Å². The highest BCUT2D eigenvalue weighted by atomic mass is 16.5. The molecule has 8 nitrogen and oxygen atoms in total. The minimum Gasteiger partial charge on any atom is -0.445 e. The summed E-state index contributed by atoms with van der Waals surface area (Å²) >= 11 is 0. The van der Waals surface area contributed by atoms with Gasteiger partial charge in [0.05, 0.1) is 0 Å². The third kappa shape index (κ3) is 6.35. The van der Waals surface area contributed by atoms with Crippen molar-refractivity contribution < 1.29 is 19.1 Å². The Bertz CT molecular complexity index is 1100. The molecule has 1 aromatic heterocycles. The number of aromatic nitrogens is 1. The maximum absolute atomic E-state index is 13.1. The fourth-order valence-corrected chi connectivity index (χ4v) is 3.60. The van der Waals surface area contributed by atoms with Crippen molar-refractivity contribution >= 4 is 28.8 Å². The van der Waals surface area contributed by atoms with Gasteiger partial charge in [-0.25, -0.2) is 4.79 Å². The molecule has 0 aliphatic heterocycles. The monoisotopic (exact) mass is 450 g/mol. The second kappa shape index (κ2) is 11.2. The van der Waals surface area contributed by atoms with E-state index in [-0.39, 0.29) is 18.9 Å². The van der Waals surface area contributed by atoms with Crippen LogP contribution in [0.15, 0.2) is 60.8 Å². The Morgan fingerprint density at radius 1 is 1.03 bits per heavy atom. The van der Waals surface area contributed by atoms with Gasteiger partial charge in [0.1, 0.15) is 18.7 Å².